The summed E-state index contributed by atoms with van der Waals surface area (Å²) in [6.07, 6.45) is 9.76. The maximum Gasteiger partial charge on any atom is 0.291 e. The Kier molecular flexibility index (Phi) is 4.22. The highest BCUT2D eigenvalue weighted by Crippen LogP contribution is 2.39. The van der Waals surface area contributed by atoms with Crippen LogP contribution in [-0.2, 0) is 6.32 Å². The average Bonchev–Trinajstić information content (AvgIpc) is 3.53. The first-order chi connectivity index (χ1) is 16.8. The molecule has 162 valence electrons. The molecule has 1 aliphatic carbocycles. The number of fused-ring (bicyclic) bond motifs is 6. The van der Waals surface area contributed by atoms with Gasteiger partial charge in [0.2, 0.25) is 0 Å². The fourth-order valence-corrected chi connectivity index (χ4v) is 5.74. The number of rotatable bonds is 3. The van der Waals surface area contributed by atoms with Gasteiger partial charge in [-0.2, -0.15) is 0 Å². The van der Waals surface area contributed by atoms with Gasteiger partial charge in [-0.25, -0.2) is 0 Å². The van der Waals surface area contributed by atoms with E-state index in [9.17, 15) is 0 Å². The SMILES string of the molecule is Nc1cccc2oc3cccc(NB4Cc5ccccc5-c5cccc(C6C=CC=C6)c54)c3c12. The van der Waals surface area contributed by atoms with E-state index in [1.54, 1.807) is 0 Å². The summed E-state index contributed by atoms with van der Waals surface area (Å²) in [7, 11) is 0. The van der Waals surface area contributed by atoms with Crippen LogP contribution in [0.3, 0.4) is 0 Å². The molecule has 0 saturated heterocycles. The number of nitrogens with one attached hydrogen (secondary N) is 1. The number of furan rings is 1. The standard InChI is InChI=1S/C30H23BN2O/c32-24-14-6-16-26-28(24)29-25(15-7-17-27(29)34-26)33-31-18-20-10-3-4-11-21(20)23-13-5-12-22(30(23)31)19-8-1-2-9-19/h1-17,19,33H,18,32H2. The van der Waals surface area contributed by atoms with Crippen LogP contribution in [0.5, 0.6) is 0 Å². The van der Waals surface area contributed by atoms with E-state index >= 15 is 0 Å². The second-order valence-corrected chi connectivity index (χ2v) is 9.16. The number of anilines is 2. The van der Waals surface area contributed by atoms with Crippen molar-refractivity contribution in [2.24, 2.45) is 0 Å². The first-order valence-corrected chi connectivity index (χ1v) is 11.8. The third kappa shape index (κ3) is 2.85. The van der Waals surface area contributed by atoms with Gasteiger partial charge < -0.3 is 15.4 Å². The molecule has 0 bridgehead atoms. The zero-order chi connectivity index (χ0) is 22.6. The normalized spacial score (nSPS) is 14.6. The van der Waals surface area contributed by atoms with Crippen LogP contribution in [0.15, 0.2) is 108 Å². The van der Waals surface area contributed by atoms with Gasteiger partial charge in [-0.3, -0.25) is 0 Å². The molecule has 0 saturated carbocycles. The predicted octanol–water partition coefficient (Wildman–Crippen LogP) is 6.45. The van der Waals surface area contributed by atoms with Gasteiger partial charge in [-0.15, -0.1) is 0 Å². The highest BCUT2D eigenvalue weighted by Gasteiger charge is 2.32. The molecular formula is C30H23BN2O. The number of nitrogens with two attached hydrogens (primary N) is 1. The van der Waals surface area contributed by atoms with Crippen LogP contribution in [0, 0.1) is 0 Å². The monoisotopic (exact) mass is 438 g/mol. The van der Waals surface area contributed by atoms with Gasteiger partial charge in [0.25, 0.3) is 6.85 Å². The molecule has 0 radical (unpaired) electrons. The summed E-state index contributed by atoms with van der Waals surface area (Å²) in [5.74, 6) is 0.297. The molecule has 2 heterocycles. The van der Waals surface area contributed by atoms with Crippen LogP contribution < -0.4 is 16.4 Å². The van der Waals surface area contributed by atoms with Gasteiger partial charge in [0.15, 0.2) is 0 Å². The zero-order valence-corrected chi connectivity index (χ0v) is 18.7. The van der Waals surface area contributed by atoms with Crippen molar-refractivity contribution in [3.8, 4) is 11.1 Å². The third-order valence-electron chi connectivity index (χ3n) is 7.21. The van der Waals surface area contributed by atoms with Crippen LogP contribution in [0.1, 0.15) is 17.0 Å². The summed E-state index contributed by atoms with van der Waals surface area (Å²) in [6.45, 7) is 0.129. The molecule has 1 aliphatic heterocycles. The summed E-state index contributed by atoms with van der Waals surface area (Å²) in [6, 6.07) is 27.6. The fraction of sp³-hybridized carbons (Fsp3) is 0.0667. The summed E-state index contributed by atoms with van der Waals surface area (Å²) >= 11 is 0. The molecular weight excluding hydrogens is 415 g/mol. The van der Waals surface area contributed by atoms with Gasteiger partial charge in [0, 0.05) is 17.3 Å². The summed E-state index contributed by atoms with van der Waals surface area (Å²) in [5, 5.41) is 5.96. The lowest BCUT2D eigenvalue weighted by Crippen LogP contribution is -2.46. The van der Waals surface area contributed by atoms with E-state index in [1.165, 1.54) is 27.7 Å². The third-order valence-corrected chi connectivity index (χ3v) is 7.21. The molecule has 1 aromatic heterocycles. The Labute approximate surface area is 198 Å². The van der Waals surface area contributed by atoms with Crippen molar-refractivity contribution in [3.63, 3.8) is 0 Å². The number of hydrogen-bond acceptors (Lipinski definition) is 3. The van der Waals surface area contributed by atoms with Crippen LogP contribution in [0.25, 0.3) is 33.1 Å². The summed E-state index contributed by atoms with van der Waals surface area (Å²) in [5.41, 5.74) is 16.6. The van der Waals surface area contributed by atoms with Crippen molar-refractivity contribution in [3.05, 3.63) is 114 Å². The first-order valence-electron chi connectivity index (χ1n) is 11.8. The maximum absolute atomic E-state index is 6.41. The molecule has 0 atom stereocenters. The van der Waals surface area contributed by atoms with Crippen molar-refractivity contribution in [2.45, 2.75) is 12.2 Å². The number of benzene rings is 4. The van der Waals surface area contributed by atoms with Crippen molar-refractivity contribution in [1.29, 1.82) is 0 Å². The quantitative estimate of drug-likeness (QED) is 0.251. The molecule has 2 aliphatic rings. The maximum atomic E-state index is 6.41. The van der Waals surface area contributed by atoms with Crippen LogP contribution in [-0.4, -0.2) is 6.85 Å². The van der Waals surface area contributed by atoms with Crippen molar-refractivity contribution in [2.75, 3.05) is 11.0 Å². The summed E-state index contributed by atoms with van der Waals surface area (Å²) < 4.78 is 6.16. The molecule has 34 heavy (non-hydrogen) atoms. The molecule has 5 aromatic rings. The highest BCUT2D eigenvalue weighted by atomic mass is 16.3. The molecule has 4 aromatic carbocycles. The van der Waals surface area contributed by atoms with Crippen LogP contribution in [0.2, 0.25) is 0 Å². The number of hydrogen-bond donors (Lipinski definition) is 2. The Hall–Kier alpha value is -4.18. The Morgan fingerprint density at radius 3 is 2.38 bits per heavy atom. The lowest BCUT2D eigenvalue weighted by Gasteiger charge is -2.30. The first kappa shape index (κ1) is 19.3. The van der Waals surface area contributed by atoms with Gasteiger partial charge in [-0.1, -0.05) is 78.9 Å². The molecule has 3 nitrogen and oxygen atoms in total. The Morgan fingerprint density at radius 2 is 1.50 bits per heavy atom. The van der Waals surface area contributed by atoms with Gasteiger partial charge in [0.1, 0.15) is 11.2 Å². The van der Waals surface area contributed by atoms with Gasteiger partial charge >= 0.3 is 0 Å². The molecule has 0 fully saturated rings. The van der Waals surface area contributed by atoms with E-state index in [0.717, 1.165) is 39.6 Å². The highest BCUT2D eigenvalue weighted by molar-refractivity contribution is 6.78. The van der Waals surface area contributed by atoms with E-state index in [1.807, 2.05) is 24.3 Å². The minimum Gasteiger partial charge on any atom is -0.456 e. The van der Waals surface area contributed by atoms with Gasteiger partial charge in [-0.05, 0) is 58.3 Å². The summed E-state index contributed by atoms with van der Waals surface area (Å²) in [4.78, 5) is 0. The van der Waals surface area contributed by atoms with Crippen LogP contribution in [0.4, 0.5) is 11.4 Å². The zero-order valence-electron chi connectivity index (χ0n) is 18.7. The van der Waals surface area contributed by atoms with Gasteiger partial charge in [0.05, 0.1) is 10.8 Å². The molecule has 3 N–H and O–H groups in total. The topological polar surface area (TPSA) is 51.2 Å². The smallest absolute Gasteiger partial charge is 0.291 e. The molecule has 0 amide bonds. The number of nitrogen functional groups attached to an aromatic ring is 1. The second kappa shape index (κ2) is 7.42. The minimum atomic E-state index is 0.129. The van der Waals surface area contributed by atoms with E-state index in [-0.39, 0.29) is 6.85 Å². The Bertz CT molecular complexity index is 1630. The number of allylic oxidation sites excluding steroid dienone is 4. The van der Waals surface area contributed by atoms with E-state index in [2.05, 4.69) is 84.1 Å². The molecule has 7 rings (SSSR count). The van der Waals surface area contributed by atoms with E-state index in [4.69, 9.17) is 10.2 Å². The molecule has 4 heteroatoms. The minimum absolute atomic E-state index is 0.129. The van der Waals surface area contributed by atoms with E-state index in [0.29, 0.717) is 5.92 Å². The Balaban J connectivity index is 1.43. The van der Waals surface area contributed by atoms with Crippen LogP contribution >= 0.6 is 0 Å². The molecule has 0 unspecified atom stereocenters. The lowest BCUT2D eigenvalue weighted by molar-refractivity contribution is 0.669. The van der Waals surface area contributed by atoms with E-state index < -0.39 is 0 Å². The average molecular weight is 438 g/mol. The lowest BCUT2D eigenvalue weighted by atomic mass is 9.45. The Morgan fingerprint density at radius 1 is 0.765 bits per heavy atom. The molecule has 0 spiro atoms. The van der Waals surface area contributed by atoms with Crippen molar-refractivity contribution >= 4 is 45.6 Å². The largest absolute Gasteiger partial charge is 0.456 e. The predicted molar refractivity (Wildman–Crippen MR) is 144 cm³/mol. The van der Waals surface area contributed by atoms with Crippen molar-refractivity contribution < 1.29 is 4.42 Å². The van der Waals surface area contributed by atoms with Crippen molar-refractivity contribution in [1.82, 2.24) is 0 Å². The fourth-order valence-electron chi connectivity index (χ4n) is 5.74. The second-order valence-electron chi connectivity index (χ2n) is 9.16.